The van der Waals surface area contributed by atoms with Gasteiger partial charge in [0.25, 0.3) is 5.91 Å². The number of nitriles is 1. The van der Waals surface area contributed by atoms with Crippen LogP contribution in [-0.4, -0.2) is 44.3 Å². The zero-order valence-electron chi connectivity index (χ0n) is 13.2. The summed E-state index contributed by atoms with van der Waals surface area (Å²) >= 11 is 1.51. The van der Waals surface area contributed by atoms with Crippen LogP contribution in [0.2, 0.25) is 0 Å². The Balaban J connectivity index is 1.47. The van der Waals surface area contributed by atoms with Gasteiger partial charge in [-0.05, 0) is 30.7 Å². The van der Waals surface area contributed by atoms with Gasteiger partial charge >= 0.3 is 0 Å². The van der Waals surface area contributed by atoms with Gasteiger partial charge in [0.05, 0.1) is 18.1 Å². The maximum Gasteiger partial charge on any atom is 0.271 e. The first-order valence-electron chi connectivity index (χ1n) is 7.86. The van der Waals surface area contributed by atoms with Crippen LogP contribution in [0.3, 0.4) is 0 Å². The largest absolute Gasteiger partial charge is 0.337 e. The van der Waals surface area contributed by atoms with Gasteiger partial charge in [0, 0.05) is 29.4 Å². The maximum absolute atomic E-state index is 12.7. The molecule has 3 aromatic heterocycles. The van der Waals surface area contributed by atoms with E-state index in [1.807, 2.05) is 17.0 Å². The summed E-state index contributed by atoms with van der Waals surface area (Å²) in [6, 6.07) is 9.54. The van der Waals surface area contributed by atoms with Crippen molar-refractivity contribution in [2.24, 2.45) is 0 Å². The van der Waals surface area contributed by atoms with Crippen LogP contribution in [0, 0.1) is 11.3 Å². The van der Waals surface area contributed by atoms with E-state index in [-0.39, 0.29) is 5.91 Å². The van der Waals surface area contributed by atoms with Crippen molar-refractivity contribution >= 4 is 17.2 Å². The SMILES string of the molecule is N#Cc1ccc(C2CCN(C(=O)c3cc(-c4ccnnc4)n[nH]3)C2)s1. The lowest BCUT2D eigenvalue weighted by atomic mass is 10.1. The fraction of sp³-hybridized carbons (Fsp3) is 0.235. The van der Waals surface area contributed by atoms with Crippen LogP contribution in [-0.2, 0) is 0 Å². The monoisotopic (exact) mass is 350 g/mol. The van der Waals surface area contributed by atoms with E-state index >= 15 is 0 Å². The van der Waals surface area contributed by atoms with Crippen molar-refractivity contribution in [1.29, 1.82) is 5.26 Å². The zero-order valence-corrected chi connectivity index (χ0v) is 14.0. The Bertz CT molecular complexity index is 941. The Morgan fingerprint density at radius 2 is 2.28 bits per heavy atom. The first-order chi connectivity index (χ1) is 12.2. The Hall–Kier alpha value is -3.05. The average molecular weight is 350 g/mol. The van der Waals surface area contributed by atoms with E-state index in [4.69, 9.17) is 5.26 Å². The molecule has 0 radical (unpaired) electrons. The number of hydrogen-bond acceptors (Lipinski definition) is 6. The molecule has 1 amide bonds. The van der Waals surface area contributed by atoms with Gasteiger partial charge in [0.1, 0.15) is 16.6 Å². The summed E-state index contributed by atoms with van der Waals surface area (Å²) in [5, 5.41) is 23.5. The van der Waals surface area contributed by atoms with E-state index in [1.54, 1.807) is 24.5 Å². The van der Waals surface area contributed by atoms with E-state index in [9.17, 15) is 4.79 Å². The molecule has 4 heterocycles. The fourth-order valence-electron chi connectivity index (χ4n) is 3.00. The van der Waals surface area contributed by atoms with Crippen molar-refractivity contribution in [3.8, 4) is 17.3 Å². The molecule has 1 atom stereocenters. The number of amides is 1. The molecule has 1 N–H and O–H groups in total. The Labute approximate surface area is 147 Å². The highest BCUT2D eigenvalue weighted by molar-refractivity contribution is 7.12. The topological polar surface area (TPSA) is 98.6 Å². The van der Waals surface area contributed by atoms with Crippen LogP contribution in [0.5, 0.6) is 0 Å². The molecule has 0 saturated carbocycles. The Morgan fingerprint density at radius 1 is 1.36 bits per heavy atom. The molecular weight excluding hydrogens is 336 g/mol. The van der Waals surface area contributed by atoms with E-state index in [1.165, 1.54) is 16.2 Å². The number of nitrogens with zero attached hydrogens (tertiary/aromatic N) is 5. The van der Waals surface area contributed by atoms with Crippen LogP contribution < -0.4 is 0 Å². The number of aromatic amines is 1. The molecule has 1 aliphatic rings. The maximum atomic E-state index is 12.7. The molecule has 3 aromatic rings. The second kappa shape index (κ2) is 6.45. The lowest BCUT2D eigenvalue weighted by Crippen LogP contribution is -2.28. The molecule has 1 aliphatic heterocycles. The third kappa shape index (κ3) is 3.02. The number of likely N-dealkylation sites (tertiary alicyclic amines) is 1. The smallest absolute Gasteiger partial charge is 0.271 e. The molecule has 1 saturated heterocycles. The summed E-state index contributed by atoms with van der Waals surface area (Å²) in [4.78, 5) is 16.4. The summed E-state index contributed by atoms with van der Waals surface area (Å²) in [5.41, 5.74) is 1.95. The number of rotatable bonds is 3. The summed E-state index contributed by atoms with van der Waals surface area (Å²) in [5.74, 6) is 0.239. The number of carbonyl (C=O) groups is 1. The summed E-state index contributed by atoms with van der Waals surface area (Å²) in [6.07, 6.45) is 4.11. The normalized spacial score (nSPS) is 16.8. The van der Waals surface area contributed by atoms with Gasteiger partial charge in [-0.3, -0.25) is 9.89 Å². The first-order valence-corrected chi connectivity index (χ1v) is 8.68. The van der Waals surface area contributed by atoms with Gasteiger partial charge < -0.3 is 4.90 Å². The molecule has 7 nitrogen and oxygen atoms in total. The van der Waals surface area contributed by atoms with Crippen LogP contribution in [0.4, 0.5) is 0 Å². The van der Waals surface area contributed by atoms with E-state index in [2.05, 4.69) is 26.5 Å². The van der Waals surface area contributed by atoms with Gasteiger partial charge in [-0.25, -0.2) is 0 Å². The molecule has 124 valence electrons. The molecule has 25 heavy (non-hydrogen) atoms. The second-order valence-corrected chi connectivity index (χ2v) is 6.96. The second-order valence-electron chi connectivity index (χ2n) is 5.85. The zero-order chi connectivity index (χ0) is 17.2. The van der Waals surface area contributed by atoms with Crippen LogP contribution >= 0.6 is 11.3 Å². The fourth-order valence-corrected chi connectivity index (χ4v) is 3.93. The summed E-state index contributed by atoms with van der Waals surface area (Å²) < 4.78 is 0. The van der Waals surface area contributed by atoms with Gasteiger partial charge in [-0.1, -0.05) is 0 Å². The quantitative estimate of drug-likeness (QED) is 0.782. The molecule has 0 aliphatic carbocycles. The predicted octanol–water partition coefficient (Wildman–Crippen LogP) is 2.43. The summed E-state index contributed by atoms with van der Waals surface area (Å²) in [7, 11) is 0. The number of nitrogens with one attached hydrogen (secondary N) is 1. The number of H-pyrrole nitrogens is 1. The average Bonchev–Trinajstić information content (AvgIpc) is 3.41. The Kier molecular flexibility index (Phi) is 3.99. The van der Waals surface area contributed by atoms with E-state index in [0.29, 0.717) is 35.3 Å². The highest BCUT2D eigenvalue weighted by Crippen LogP contribution is 2.32. The third-order valence-corrected chi connectivity index (χ3v) is 5.46. The van der Waals surface area contributed by atoms with Crippen molar-refractivity contribution in [2.45, 2.75) is 12.3 Å². The third-order valence-electron chi connectivity index (χ3n) is 4.30. The lowest BCUT2D eigenvalue weighted by molar-refractivity contribution is 0.0785. The molecule has 1 fully saturated rings. The number of carbonyl (C=O) groups excluding carboxylic acids is 1. The van der Waals surface area contributed by atoms with Crippen LogP contribution in [0.25, 0.3) is 11.3 Å². The Morgan fingerprint density at radius 3 is 3.04 bits per heavy atom. The summed E-state index contributed by atoms with van der Waals surface area (Å²) in [6.45, 7) is 1.36. The number of hydrogen-bond donors (Lipinski definition) is 1. The van der Waals surface area contributed by atoms with E-state index in [0.717, 1.165) is 12.0 Å². The minimum Gasteiger partial charge on any atom is -0.337 e. The molecule has 0 aromatic carbocycles. The highest BCUT2D eigenvalue weighted by atomic mass is 32.1. The van der Waals surface area contributed by atoms with Gasteiger partial charge in [0.15, 0.2) is 0 Å². The lowest BCUT2D eigenvalue weighted by Gasteiger charge is -2.14. The number of aromatic nitrogens is 4. The standard InChI is InChI=1S/C17H14N6OS/c18-8-13-1-2-16(25-13)12-4-6-23(10-12)17(24)15-7-14(21-22-15)11-3-5-19-20-9-11/h1-3,5,7,9,12H,4,6,10H2,(H,21,22). The van der Waals surface area contributed by atoms with Crippen molar-refractivity contribution in [3.63, 3.8) is 0 Å². The predicted molar refractivity (Wildman–Crippen MR) is 91.9 cm³/mol. The van der Waals surface area contributed by atoms with Gasteiger partial charge in [-0.15, -0.1) is 11.3 Å². The van der Waals surface area contributed by atoms with E-state index < -0.39 is 0 Å². The van der Waals surface area contributed by atoms with Crippen molar-refractivity contribution in [2.75, 3.05) is 13.1 Å². The van der Waals surface area contributed by atoms with Crippen molar-refractivity contribution < 1.29 is 4.79 Å². The van der Waals surface area contributed by atoms with Gasteiger partial charge in [-0.2, -0.15) is 20.6 Å². The van der Waals surface area contributed by atoms with Gasteiger partial charge in [0.2, 0.25) is 0 Å². The molecule has 0 spiro atoms. The molecule has 1 unspecified atom stereocenters. The number of thiophene rings is 1. The molecule has 4 rings (SSSR count). The highest BCUT2D eigenvalue weighted by Gasteiger charge is 2.29. The molecule has 0 bridgehead atoms. The van der Waals surface area contributed by atoms with Crippen LogP contribution in [0.1, 0.15) is 32.6 Å². The molecule has 8 heteroatoms. The van der Waals surface area contributed by atoms with Crippen LogP contribution in [0.15, 0.2) is 36.7 Å². The minimum absolute atomic E-state index is 0.0553. The van der Waals surface area contributed by atoms with Crippen molar-refractivity contribution in [1.82, 2.24) is 25.3 Å². The molecular formula is C17H14N6OS. The van der Waals surface area contributed by atoms with Crippen molar-refractivity contribution in [3.05, 3.63) is 52.1 Å². The first kappa shape index (κ1) is 15.5. The minimum atomic E-state index is -0.0553.